The SMILES string of the molecule is COc1ccc(CN2CCC([P+](c3ccccc3)(c3ccccc3)c3ccccc3)C2=O)cc1.[Br-]. The third-order valence-corrected chi connectivity index (χ3v) is 11.5. The van der Waals surface area contributed by atoms with Gasteiger partial charge in [-0.05, 0) is 54.1 Å². The van der Waals surface area contributed by atoms with Gasteiger partial charge in [-0.3, -0.25) is 4.79 Å². The molecular formula is C30H29BrNO2P. The lowest BCUT2D eigenvalue weighted by Gasteiger charge is -2.32. The summed E-state index contributed by atoms with van der Waals surface area (Å²) in [5.41, 5.74) is 1.04. The van der Waals surface area contributed by atoms with Crippen molar-refractivity contribution in [2.24, 2.45) is 0 Å². The monoisotopic (exact) mass is 545 g/mol. The highest BCUT2D eigenvalue weighted by Gasteiger charge is 2.58. The number of methoxy groups -OCH3 is 1. The van der Waals surface area contributed by atoms with Crippen LogP contribution in [0.3, 0.4) is 0 Å². The highest BCUT2D eigenvalue weighted by molar-refractivity contribution is 7.96. The van der Waals surface area contributed by atoms with Gasteiger partial charge in [0.25, 0.3) is 5.91 Å². The molecule has 1 fully saturated rings. The Kier molecular flexibility index (Phi) is 8.05. The lowest BCUT2D eigenvalue weighted by atomic mass is 10.2. The highest BCUT2D eigenvalue weighted by atomic mass is 79.9. The van der Waals surface area contributed by atoms with Crippen molar-refractivity contribution < 1.29 is 26.5 Å². The van der Waals surface area contributed by atoms with Gasteiger partial charge in [-0.1, -0.05) is 66.7 Å². The third-order valence-electron chi connectivity index (χ3n) is 6.76. The van der Waals surface area contributed by atoms with Crippen molar-refractivity contribution in [1.82, 2.24) is 4.90 Å². The first-order valence-electron chi connectivity index (χ1n) is 11.7. The van der Waals surface area contributed by atoms with Crippen molar-refractivity contribution in [1.29, 1.82) is 0 Å². The number of ether oxygens (including phenoxy) is 1. The van der Waals surface area contributed by atoms with Crippen LogP contribution in [0.25, 0.3) is 0 Å². The predicted molar refractivity (Wildman–Crippen MR) is 142 cm³/mol. The predicted octanol–water partition coefficient (Wildman–Crippen LogP) is 1.79. The summed E-state index contributed by atoms with van der Waals surface area (Å²) in [5, 5.41) is 3.78. The Hall–Kier alpha value is -2.94. The van der Waals surface area contributed by atoms with Crippen LogP contribution in [-0.2, 0) is 11.3 Å². The minimum Gasteiger partial charge on any atom is -1.00 e. The lowest BCUT2D eigenvalue weighted by molar-refractivity contribution is -0.127. The van der Waals surface area contributed by atoms with Gasteiger partial charge in [0.05, 0.1) is 7.11 Å². The van der Waals surface area contributed by atoms with Gasteiger partial charge in [-0.25, -0.2) is 0 Å². The minimum absolute atomic E-state index is 0. The van der Waals surface area contributed by atoms with E-state index in [1.807, 2.05) is 29.2 Å². The number of amides is 1. The molecule has 1 aliphatic rings. The van der Waals surface area contributed by atoms with Crippen molar-refractivity contribution in [3.8, 4) is 5.75 Å². The van der Waals surface area contributed by atoms with Gasteiger partial charge in [0.15, 0.2) is 5.66 Å². The van der Waals surface area contributed by atoms with E-state index in [0.717, 1.165) is 24.3 Å². The first kappa shape index (κ1) is 25.2. The number of halogens is 1. The molecule has 0 N–H and O–H groups in total. The molecule has 4 aromatic carbocycles. The highest BCUT2D eigenvalue weighted by Crippen LogP contribution is 2.62. The maximum Gasteiger partial charge on any atom is 0.264 e. The molecule has 0 spiro atoms. The van der Waals surface area contributed by atoms with Gasteiger partial charge in [0.2, 0.25) is 0 Å². The Balaban J connectivity index is 0.00000289. The number of carbonyl (C=O) groups is 1. The van der Waals surface area contributed by atoms with Gasteiger partial charge in [0.1, 0.15) is 28.9 Å². The number of likely N-dealkylation sites (tertiary alicyclic amines) is 1. The first-order valence-corrected chi connectivity index (χ1v) is 13.6. The molecule has 5 rings (SSSR count). The summed E-state index contributed by atoms with van der Waals surface area (Å²) in [4.78, 5) is 16.2. The molecule has 35 heavy (non-hydrogen) atoms. The standard InChI is InChI=1S/C30H29NO2P.BrH/c1-33-25-19-17-24(18-20-25)23-31-22-21-29(30(31)32)34(26-11-5-2-6-12-26,27-13-7-3-8-14-27)28-15-9-4-10-16-28;/h2-20,29H,21-23H2,1H3;1H/q+1;/p-1. The average Bonchev–Trinajstić information content (AvgIpc) is 3.27. The fourth-order valence-corrected chi connectivity index (χ4v) is 10.1. The lowest BCUT2D eigenvalue weighted by Crippen LogP contribution is -3.00. The fourth-order valence-electron chi connectivity index (χ4n) is 5.17. The molecule has 1 heterocycles. The molecule has 0 bridgehead atoms. The summed E-state index contributed by atoms with van der Waals surface area (Å²) >= 11 is 0. The Morgan fingerprint density at radius 3 is 1.63 bits per heavy atom. The molecule has 1 atom stereocenters. The molecule has 1 saturated heterocycles. The molecule has 4 aromatic rings. The van der Waals surface area contributed by atoms with E-state index in [2.05, 4.69) is 91.0 Å². The number of nitrogens with zero attached hydrogens (tertiary/aromatic N) is 1. The zero-order chi connectivity index (χ0) is 23.4. The molecule has 1 aliphatic heterocycles. The van der Waals surface area contributed by atoms with Gasteiger partial charge in [-0.2, -0.15) is 0 Å². The van der Waals surface area contributed by atoms with Gasteiger partial charge in [0, 0.05) is 19.5 Å². The maximum atomic E-state index is 14.1. The quantitative estimate of drug-likeness (QED) is 0.331. The normalized spacial score (nSPS) is 15.5. The van der Waals surface area contributed by atoms with Crippen LogP contribution in [0.15, 0.2) is 115 Å². The van der Waals surface area contributed by atoms with E-state index in [9.17, 15) is 4.79 Å². The molecule has 1 amide bonds. The second-order valence-electron chi connectivity index (χ2n) is 8.64. The van der Waals surface area contributed by atoms with Crippen LogP contribution >= 0.6 is 7.26 Å². The van der Waals surface area contributed by atoms with E-state index in [1.165, 1.54) is 15.9 Å². The Bertz CT molecular complexity index is 1140. The summed E-state index contributed by atoms with van der Waals surface area (Å²) in [6, 6.07) is 40.1. The van der Waals surface area contributed by atoms with E-state index in [4.69, 9.17) is 4.74 Å². The van der Waals surface area contributed by atoms with Crippen molar-refractivity contribution in [3.63, 3.8) is 0 Å². The first-order chi connectivity index (χ1) is 16.7. The molecule has 0 radical (unpaired) electrons. The number of hydrogen-bond acceptors (Lipinski definition) is 2. The fraction of sp³-hybridized carbons (Fsp3) is 0.167. The minimum atomic E-state index is -2.22. The summed E-state index contributed by atoms with van der Waals surface area (Å²) in [5.74, 6) is 1.08. The summed E-state index contributed by atoms with van der Waals surface area (Å²) in [6.45, 7) is 1.39. The van der Waals surface area contributed by atoms with Crippen molar-refractivity contribution in [3.05, 3.63) is 121 Å². The van der Waals surface area contributed by atoms with Gasteiger partial charge < -0.3 is 26.6 Å². The third kappa shape index (κ3) is 4.78. The summed E-state index contributed by atoms with van der Waals surface area (Å²) < 4.78 is 5.29. The van der Waals surface area contributed by atoms with Crippen molar-refractivity contribution >= 4 is 29.1 Å². The van der Waals surface area contributed by atoms with E-state index >= 15 is 0 Å². The van der Waals surface area contributed by atoms with E-state index in [-0.39, 0.29) is 28.5 Å². The zero-order valence-corrected chi connectivity index (χ0v) is 22.2. The molecule has 3 nitrogen and oxygen atoms in total. The van der Waals surface area contributed by atoms with Gasteiger partial charge in [-0.15, -0.1) is 0 Å². The summed E-state index contributed by atoms with van der Waals surface area (Å²) in [7, 11) is -0.553. The van der Waals surface area contributed by atoms with Crippen LogP contribution in [-0.4, -0.2) is 30.1 Å². The van der Waals surface area contributed by atoms with Crippen LogP contribution < -0.4 is 37.6 Å². The molecule has 1 unspecified atom stereocenters. The van der Waals surface area contributed by atoms with Gasteiger partial charge >= 0.3 is 0 Å². The molecule has 0 aromatic heterocycles. The van der Waals surface area contributed by atoms with Crippen LogP contribution in [0.1, 0.15) is 12.0 Å². The molecular weight excluding hydrogens is 517 g/mol. The van der Waals surface area contributed by atoms with E-state index in [1.54, 1.807) is 7.11 Å². The summed E-state index contributed by atoms with van der Waals surface area (Å²) in [6.07, 6.45) is 0.849. The van der Waals surface area contributed by atoms with Crippen LogP contribution in [0.5, 0.6) is 5.75 Å². The van der Waals surface area contributed by atoms with Crippen molar-refractivity contribution in [2.45, 2.75) is 18.6 Å². The molecule has 5 heteroatoms. The topological polar surface area (TPSA) is 29.5 Å². The van der Waals surface area contributed by atoms with Crippen LogP contribution in [0.4, 0.5) is 0 Å². The largest absolute Gasteiger partial charge is 1.00 e. The van der Waals surface area contributed by atoms with E-state index < -0.39 is 7.26 Å². The number of rotatable bonds is 7. The number of benzene rings is 4. The molecule has 178 valence electrons. The zero-order valence-electron chi connectivity index (χ0n) is 19.8. The smallest absolute Gasteiger partial charge is 0.264 e. The maximum absolute atomic E-state index is 14.1. The molecule has 0 aliphatic carbocycles. The second kappa shape index (κ2) is 11.2. The number of hydrogen-bond donors (Lipinski definition) is 0. The second-order valence-corrected chi connectivity index (χ2v) is 12.3. The Labute approximate surface area is 218 Å². The molecule has 0 saturated carbocycles. The average molecular weight is 546 g/mol. The van der Waals surface area contributed by atoms with Crippen LogP contribution in [0, 0.1) is 0 Å². The Morgan fingerprint density at radius 2 is 1.20 bits per heavy atom. The van der Waals surface area contributed by atoms with E-state index in [0.29, 0.717) is 6.54 Å². The van der Waals surface area contributed by atoms with Crippen molar-refractivity contribution in [2.75, 3.05) is 13.7 Å². The Morgan fingerprint density at radius 1 is 0.743 bits per heavy atom. The van der Waals surface area contributed by atoms with Crippen LogP contribution in [0.2, 0.25) is 0 Å². The number of carbonyl (C=O) groups excluding carboxylic acids is 1.